The number of amides is 1. The zero-order valence-electron chi connectivity index (χ0n) is 23.8. The average molecular weight is 672 g/mol. The number of carbonyl (C=O) groups is 1. The number of benzene rings is 2. The van der Waals surface area contributed by atoms with Crippen LogP contribution in [0.1, 0.15) is 5.69 Å². The van der Waals surface area contributed by atoms with Crippen molar-refractivity contribution >= 4 is 67.1 Å². The number of hydrogen-bond acceptors (Lipinski definition) is 16. The van der Waals surface area contributed by atoms with Gasteiger partial charge in [0.15, 0.2) is 17.7 Å². The summed E-state index contributed by atoms with van der Waals surface area (Å²) in [5.41, 5.74) is 13.0. The van der Waals surface area contributed by atoms with Crippen molar-refractivity contribution in [2.24, 2.45) is 27.0 Å². The number of azo groups is 1. The molecular formula is C24H25N13O7S2. The van der Waals surface area contributed by atoms with Crippen molar-refractivity contribution < 1.29 is 30.7 Å². The Morgan fingerprint density at radius 2 is 1.39 bits per heavy atom. The molecule has 0 fully saturated rings. The van der Waals surface area contributed by atoms with Gasteiger partial charge in [0, 0.05) is 24.6 Å². The fourth-order valence-electron chi connectivity index (χ4n) is 4.10. The van der Waals surface area contributed by atoms with Crippen molar-refractivity contribution in [3.63, 3.8) is 0 Å². The predicted octanol–water partition coefficient (Wildman–Crippen LogP) is 1.37. The van der Waals surface area contributed by atoms with Gasteiger partial charge in [0.05, 0.1) is 15.5 Å². The Balaban J connectivity index is 1.52. The summed E-state index contributed by atoms with van der Waals surface area (Å²) in [5.74, 6) is -1.71. The minimum Gasteiger partial charge on any atom is -0.382 e. The van der Waals surface area contributed by atoms with E-state index in [4.69, 9.17) is 11.5 Å². The number of hydrogen-bond donors (Lipinski definition) is 6. The second-order valence-corrected chi connectivity index (χ2v) is 12.5. The van der Waals surface area contributed by atoms with E-state index in [9.17, 15) is 30.7 Å². The number of aromatic nitrogens is 5. The summed E-state index contributed by atoms with van der Waals surface area (Å²) in [7, 11) is -7.25. The van der Waals surface area contributed by atoms with Gasteiger partial charge in [-0.1, -0.05) is 0 Å². The summed E-state index contributed by atoms with van der Waals surface area (Å²) in [6, 6.07) is 10.1. The van der Waals surface area contributed by atoms with Gasteiger partial charge >= 0.3 is 0 Å². The number of aryl methyl sites for hydroxylation is 1. The Morgan fingerprint density at radius 3 is 1.85 bits per heavy atom. The maximum atomic E-state index is 11.8. The van der Waals surface area contributed by atoms with Crippen LogP contribution in [0.4, 0.5) is 34.8 Å². The SMILES string of the molecule is Cc1nn(-c2nc(Nc3ccc(S(=O)(=O)O)cc3)nc(Nc3ccc(S(=O)(=O)O)cc3)n2)c(N)c1N=NC1C(C(N)=O)C=NN1C. The van der Waals surface area contributed by atoms with Crippen LogP contribution in [0.25, 0.3) is 5.95 Å². The molecule has 22 heteroatoms. The minimum atomic E-state index is -4.42. The van der Waals surface area contributed by atoms with E-state index in [0.29, 0.717) is 17.1 Å². The highest BCUT2D eigenvalue weighted by Gasteiger charge is 2.33. The van der Waals surface area contributed by atoms with Crippen LogP contribution in [0.3, 0.4) is 0 Å². The van der Waals surface area contributed by atoms with Gasteiger partial charge < -0.3 is 22.1 Å². The van der Waals surface area contributed by atoms with Crippen LogP contribution in [0.5, 0.6) is 0 Å². The first-order valence-corrected chi connectivity index (χ1v) is 15.8. The fourth-order valence-corrected chi connectivity index (χ4v) is 5.06. The van der Waals surface area contributed by atoms with Gasteiger partial charge in [0.25, 0.3) is 26.2 Å². The van der Waals surface area contributed by atoms with Crippen LogP contribution in [-0.2, 0) is 25.0 Å². The molecular weight excluding hydrogens is 646 g/mol. The number of nitrogens with zero attached hydrogens (tertiary/aromatic N) is 9. The minimum absolute atomic E-state index is 0.0310. The Kier molecular flexibility index (Phi) is 8.36. The molecule has 20 nitrogen and oxygen atoms in total. The van der Waals surface area contributed by atoms with E-state index in [1.807, 2.05) is 0 Å². The maximum absolute atomic E-state index is 11.8. The molecule has 0 radical (unpaired) electrons. The van der Waals surface area contributed by atoms with Gasteiger partial charge in [0.1, 0.15) is 5.92 Å². The van der Waals surface area contributed by atoms with Gasteiger partial charge in [-0.25, -0.2) is 0 Å². The molecule has 0 saturated carbocycles. The highest BCUT2D eigenvalue weighted by molar-refractivity contribution is 7.86. The first-order valence-electron chi connectivity index (χ1n) is 12.9. The number of primary amides is 1. The number of nitrogen functional groups attached to an aromatic ring is 1. The monoisotopic (exact) mass is 671 g/mol. The molecule has 2 unspecified atom stereocenters. The Bertz CT molecular complexity index is 1990. The van der Waals surface area contributed by atoms with Crippen molar-refractivity contribution in [3.05, 3.63) is 54.2 Å². The van der Waals surface area contributed by atoms with Gasteiger partial charge in [-0.3, -0.25) is 18.9 Å². The first-order chi connectivity index (χ1) is 21.6. The highest BCUT2D eigenvalue weighted by atomic mass is 32.2. The molecule has 2 aromatic heterocycles. The molecule has 1 aliphatic rings. The predicted molar refractivity (Wildman–Crippen MR) is 162 cm³/mol. The molecule has 46 heavy (non-hydrogen) atoms. The van der Waals surface area contributed by atoms with Crippen molar-refractivity contribution in [1.82, 2.24) is 29.7 Å². The molecule has 0 saturated heterocycles. The van der Waals surface area contributed by atoms with Crippen LogP contribution >= 0.6 is 0 Å². The van der Waals surface area contributed by atoms with E-state index in [2.05, 4.69) is 46.0 Å². The van der Waals surface area contributed by atoms with Gasteiger partial charge in [-0.05, 0) is 55.5 Å². The molecule has 240 valence electrons. The van der Waals surface area contributed by atoms with Crippen LogP contribution in [0.15, 0.2) is 73.7 Å². The van der Waals surface area contributed by atoms with Crippen LogP contribution in [0, 0.1) is 12.8 Å². The van der Waals surface area contributed by atoms with Crippen molar-refractivity contribution in [2.45, 2.75) is 22.9 Å². The van der Waals surface area contributed by atoms with E-state index in [1.165, 1.54) is 35.5 Å². The quantitative estimate of drug-likeness (QED) is 0.102. The second-order valence-electron chi connectivity index (χ2n) is 9.66. The number of carbonyl (C=O) groups excluding carboxylic acids is 1. The lowest BCUT2D eigenvalue weighted by atomic mass is 10.1. The molecule has 0 bridgehead atoms. The summed E-state index contributed by atoms with van der Waals surface area (Å²) in [5, 5.41) is 24.0. The number of nitrogens with two attached hydrogens (primary N) is 2. The average Bonchev–Trinajstić information content (AvgIpc) is 3.49. The van der Waals surface area contributed by atoms with Crippen molar-refractivity contribution in [3.8, 4) is 5.95 Å². The van der Waals surface area contributed by atoms with Crippen LogP contribution < -0.4 is 22.1 Å². The largest absolute Gasteiger partial charge is 0.382 e. The van der Waals surface area contributed by atoms with Crippen LogP contribution in [-0.4, -0.2) is 81.0 Å². The van der Waals surface area contributed by atoms with E-state index < -0.39 is 38.2 Å². The van der Waals surface area contributed by atoms with E-state index in [0.717, 1.165) is 28.9 Å². The topological polar surface area (TPSA) is 299 Å². The maximum Gasteiger partial charge on any atom is 0.294 e. The zero-order valence-corrected chi connectivity index (χ0v) is 25.4. The third-order valence-electron chi connectivity index (χ3n) is 6.41. The summed E-state index contributed by atoms with van der Waals surface area (Å²) in [6.45, 7) is 1.61. The Morgan fingerprint density at radius 1 is 0.891 bits per heavy atom. The standard InChI is InChI=1S/C24H25N13O7S2/c1-12-18(33-34-21-17(20(26)38)11-27-36(21)2)19(25)37(35-12)24-31-22(28-13-3-7-15(8-4-13)45(39,40)41)30-23(32-24)29-14-5-9-16(10-6-14)46(42,43)44/h3-11,17,21H,25H2,1-2H3,(H2,26,38)(H,39,40,41)(H,42,43,44)(H2,28,29,30,31,32). The third kappa shape index (κ3) is 6.88. The molecule has 2 aromatic carbocycles. The van der Waals surface area contributed by atoms with E-state index in [-0.39, 0.29) is 39.1 Å². The Hall–Kier alpha value is -5.58. The molecule has 0 aliphatic carbocycles. The molecule has 3 heterocycles. The molecule has 8 N–H and O–H groups in total. The summed E-state index contributed by atoms with van der Waals surface area (Å²) in [4.78, 5) is 24.2. The second kappa shape index (κ2) is 12.1. The smallest absolute Gasteiger partial charge is 0.294 e. The van der Waals surface area contributed by atoms with E-state index in [1.54, 1.807) is 14.0 Å². The molecule has 2 atom stereocenters. The summed E-state index contributed by atoms with van der Waals surface area (Å²) >= 11 is 0. The normalized spacial score (nSPS) is 16.7. The van der Waals surface area contributed by atoms with Gasteiger partial charge in [0.2, 0.25) is 17.8 Å². The molecule has 4 aromatic rings. The Labute approximate surface area is 260 Å². The van der Waals surface area contributed by atoms with Crippen molar-refractivity contribution in [1.29, 1.82) is 0 Å². The first kappa shape index (κ1) is 31.8. The van der Waals surface area contributed by atoms with Gasteiger partial charge in [-0.15, -0.1) is 5.11 Å². The summed E-state index contributed by atoms with van der Waals surface area (Å²) < 4.78 is 65.4. The number of hydrazone groups is 1. The zero-order chi connectivity index (χ0) is 33.4. The van der Waals surface area contributed by atoms with Gasteiger partial charge in [-0.2, -0.15) is 51.8 Å². The van der Waals surface area contributed by atoms with E-state index >= 15 is 0 Å². The lowest BCUT2D eigenvalue weighted by Gasteiger charge is -2.16. The summed E-state index contributed by atoms with van der Waals surface area (Å²) in [6.07, 6.45) is 0.564. The lowest BCUT2D eigenvalue weighted by Crippen LogP contribution is -2.36. The van der Waals surface area contributed by atoms with Crippen LogP contribution in [0.2, 0.25) is 0 Å². The number of rotatable bonds is 10. The number of anilines is 5. The molecule has 1 aliphatic heterocycles. The number of nitrogens with one attached hydrogen (secondary N) is 2. The lowest BCUT2D eigenvalue weighted by molar-refractivity contribution is -0.120. The molecule has 5 rings (SSSR count). The van der Waals surface area contributed by atoms with Crippen molar-refractivity contribution in [2.75, 3.05) is 23.4 Å². The highest BCUT2D eigenvalue weighted by Crippen LogP contribution is 2.31. The molecule has 0 spiro atoms. The fraction of sp³-hybridized carbons (Fsp3) is 0.167. The third-order valence-corrected chi connectivity index (χ3v) is 8.15. The molecule has 1 amide bonds.